The number of carboxylic acids is 1. The van der Waals surface area contributed by atoms with Crippen molar-refractivity contribution in [1.82, 2.24) is 14.8 Å². The van der Waals surface area contributed by atoms with E-state index in [0.29, 0.717) is 25.2 Å². The molecule has 1 aliphatic rings. The normalized spacial score (nSPS) is 13.7. The van der Waals surface area contributed by atoms with Crippen LogP contribution in [0.3, 0.4) is 0 Å². The summed E-state index contributed by atoms with van der Waals surface area (Å²) in [6, 6.07) is 15.5. The number of hydrogen-bond acceptors (Lipinski definition) is 3. The van der Waals surface area contributed by atoms with Crippen molar-refractivity contribution in [2.24, 2.45) is 0 Å². The third-order valence-electron chi connectivity index (χ3n) is 5.20. The SMILES string of the molecule is CC(=O)O.Cc1ccc2c(CCN3CCN(C(=O)c4ccccc4)CC3=O)c[nH]c2c1. The molecule has 162 valence electrons. The molecule has 0 spiro atoms. The number of nitrogens with zero attached hydrogens (tertiary/aromatic N) is 2. The highest BCUT2D eigenvalue weighted by molar-refractivity contribution is 5.97. The highest BCUT2D eigenvalue weighted by atomic mass is 16.4. The van der Waals surface area contributed by atoms with Gasteiger partial charge in [-0.2, -0.15) is 0 Å². The van der Waals surface area contributed by atoms with Gasteiger partial charge in [-0.3, -0.25) is 14.4 Å². The number of carboxylic acid groups (broad SMARTS) is 1. The maximum atomic E-state index is 12.5. The van der Waals surface area contributed by atoms with E-state index in [1.165, 1.54) is 16.5 Å². The summed E-state index contributed by atoms with van der Waals surface area (Å²) in [7, 11) is 0. The molecule has 0 saturated carbocycles. The molecule has 2 aromatic carbocycles. The molecule has 0 bridgehead atoms. The van der Waals surface area contributed by atoms with Crippen LogP contribution in [0.2, 0.25) is 0 Å². The Bertz CT molecular complexity index is 1070. The van der Waals surface area contributed by atoms with Crippen molar-refractivity contribution >= 4 is 28.7 Å². The lowest BCUT2D eigenvalue weighted by Crippen LogP contribution is -2.52. The van der Waals surface area contributed by atoms with Gasteiger partial charge in [-0.15, -0.1) is 0 Å². The Morgan fingerprint density at radius 1 is 1.10 bits per heavy atom. The fourth-order valence-corrected chi connectivity index (χ4v) is 3.64. The minimum Gasteiger partial charge on any atom is -0.481 e. The summed E-state index contributed by atoms with van der Waals surface area (Å²) in [5, 5.41) is 8.63. The molecule has 3 aromatic rings. The minimum absolute atomic E-state index is 0.0150. The number of aryl methyl sites for hydroxylation is 1. The first kappa shape index (κ1) is 22.1. The Morgan fingerprint density at radius 2 is 1.81 bits per heavy atom. The van der Waals surface area contributed by atoms with Crippen molar-refractivity contribution in [1.29, 1.82) is 0 Å². The van der Waals surface area contributed by atoms with E-state index in [1.54, 1.807) is 17.0 Å². The number of carbonyl (C=O) groups is 3. The molecule has 2 amide bonds. The van der Waals surface area contributed by atoms with E-state index in [9.17, 15) is 9.59 Å². The summed E-state index contributed by atoms with van der Waals surface area (Å²) in [5.41, 5.74) is 4.22. The van der Waals surface area contributed by atoms with E-state index < -0.39 is 5.97 Å². The van der Waals surface area contributed by atoms with Gasteiger partial charge in [0.1, 0.15) is 6.54 Å². The lowest BCUT2D eigenvalue weighted by Gasteiger charge is -2.34. The standard InChI is InChI=1S/C22H23N3O2.C2H4O2/c1-16-7-8-19-18(14-23-20(19)13-16)9-10-24-11-12-25(15-21(24)26)22(27)17-5-3-2-4-6-17;1-2(3)4/h2-8,13-14,23H,9-12,15H2,1H3;1H3,(H,3,4). The summed E-state index contributed by atoms with van der Waals surface area (Å²) in [4.78, 5) is 40.9. The van der Waals surface area contributed by atoms with E-state index in [2.05, 4.69) is 30.1 Å². The second-order valence-electron chi connectivity index (χ2n) is 7.61. The van der Waals surface area contributed by atoms with Crippen LogP contribution in [-0.2, 0) is 16.0 Å². The fourth-order valence-electron chi connectivity index (χ4n) is 3.64. The first-order chi connectivity index (χ1) is 14.8. The molecule has 7 heteroatoms. The van der Waals surface area contributed by atoms with E-state index >= 15 is 0 Å². The second kappa shape index (κ2) is 9.93. The summed E-state index contributed by atoms with van der Waals surface area (Å²) in [6.45, 7) is 5.15. The number of amides is 2. The average Bonchev–Trinajstić information content (AvgIpc) is 3.14. The third kappa shape index (κ3) is 5.72. The molecule has 1 aliphatic heterocycles. The van der Waals surface area contributed by atoms with Crippen LogP contribution in [0.4, 0.5) is 0 Å². The van der Waals surface area contributed by atoms with Gasteiger partial charge in [-0.1, -0.05) is 30.3 Å². The van der Waals surface area contributed by atoms with Crippen molar-refractivity contribution in [3.63, 3.8) is 0 Å². The molecule has 1 saturated heterocycles. The third-order valence-corrected chi connectivity index (χ3v) is 5.20. The predicted octanol–water partition coefficient (Wildman–Crippen LogP) is 3.09. The van der Waals surface area contributed by atoms with Gasteiger partial charge >= 0.3 is 0 Å². The lowest BCUT2D eigenvalue weighted by molar-refractivity contribution is -0.135. The van der Waals surface area contributed by atoms with Gasteiger partial charge in [0.15, 0.2) is 0 Å². The number of nitrogens with one attached hydrogen (secondary N) is 1. The smallest absolute Gasteiger partial charge is 0.300 e. The summed E-state index contributed by atoms with van der Waals surface area (Å²) in [6.07, 6.45) is 2.84. The molecular formula is C24H27N3O4. The summed E-state index contributed by atoms with van der Waals surface area (Å²) < 4.78 is 0. The van der Waals surface area contributed by atoms with Crippen LogP contribution >= 0.6 is 0 Å². The first-order valence-electron chi connectivity index (χ1n) is 10.2. The zero-order chi connectivity index (χ0) is 22.4. The Morgan fingerprint density at radius 3 is 2.48 bits per heavy atom. The monoisotopic (exact) mass is 421 g/mol. The van der Waals surface area contributed by atoms with Gasteiger partial charge in [0, 0.05) is 49.2 Å². The predicted molar refractivity (Wildman–Crippen MR) is 119 cm³/mol. The van der Waals surface area contributed by atoms with E-state index in [0.717, 1.165) is 18.9 Å². The maximum absolute atomic E-state index is 12.5. The summed E-state index contributed by atoms with van der Waals surface area (Å²) in [5.74, 6) is -0.892. The first-order valence-corrected chi connectivity index (χ1v) is 10.2. The molecule has 31 heavy (non-hydrogen) atoms. The maximum Gasteiger partial charge on any atom is 0.300 e. The average molecular weight is 421 g/mol. The number of fused-ring (bicyclic) bond motifs is 1. The molecule has 0 unspecified atom stereocenters. The van der Waals surface area contributed by atoms with Crippen molar-refractivity contribution in [3.05, 3.63) is 71.4 Å². The van der Waals surface area contributed by atoms with Gasteiger partial charge in [0.25, 0.3) is 11.9 Å². The van der Waals surface area contributed by atoms with E-state index in [1.807, 2.05) is 29.3 Å². The number of aliphatic carboxylic acids is 1. The number of hydrogen-bond donors (Lipinski definition) is 2. The van der Waals surface area contributed by atoms with Crippen LogP contribution in [-0.4, -0.2) is 63.9 Å². The molecule has 2 heterocycles. The van der Waals surface area contributed by atoms with Crippen molar-refractivity contribution in [2.75, 3.05) is 26.2 Å². The van der Waals surface area contributed by atoms with Crippen LogP contribution in [0.25, 0.3) is 10.9 Å². The van der Waals surface area contributed by atoms with Gasteiger partial charge in [-0.05, 0) is 42.7 Å². The van der Waals surface area contributed by atoms with Crippen LogP contribution in [0, 0.1) is 6.92 Å². The minimum atomic E-state index is -0.833. The second-order valence-corrected chi connectivity index (χ2v) is 7.61. The van der Waals surface area contributed by atoms with Gasteiger partial charge in [-0.25, -0.2) is 0 Å². The van der Waals surface area contributed by atoms with Gasteiger partial charge in [0.2, 0.25) is 5.91 Å². The quantitative estimate of drug-likeness (QED) is 0.677. The Hall–Kier alpha value is -3.61. The lowest BCUT2D eigenvalue weighted by atomic mass is 10.1. The topological polar surface area (TPSA) is 93.7 Å². The number of benzene rings is 2. The Labute approximate surface area is 181 Å². The van der Waals surface area contributed by atoms with Gasteiger partial charge in [0.05, 0.1) is 0 Å². The van der Waals surface area contributed by atoms with Crippen LogP contribution in [0.5, 0.6) is 0 Å². The highest BCUT2D eigenvalue weighted by Gasteiger charge is 2.27. The number of piperazine rings is 1. The van der Waals surface area contributed by atoms with Crippen molar-refractivity contribution in [2.45, 2.75) is 20.3 Å². The zero-order valence-corrected chi connectivity index (χ0v) is 17.8. The Kier molecular flexibility index (Phi) is 7.07. The van der Waals surface area contributed by atoms with Crippen molar-refractivity contribution in [3.8, 4) is 0 Å². The largest absolute Gasteiger partial charge is 0.481 e. The number of H-pyrrole nitrogens is 1. The summed E-state index contributed by atoms with van der Waals surface area (Å²) >= 11 is 0. The van der Waals surface area contributed by atoms with E-state index in [-0.39, 0.29) is 18.4 Å². The number of aromatic nitrogens is 1. The molecule has 0 radical (unpaired) electrons. The van der Waals surface area contributed by atoms with Crippen LogP contribution in [0.1, 0.15) is 28.4 Å². The molecular weight excluding hydrogens is 394 g/mol. The number of rotatable bonds is 4. The molecule has 2 N–H and O–H groups in total. The fraction of sp³-hybridized carbons (Fsp3) is 0.292. The van der Waals surface area contributed by atoms with E-state index in [4.69, 9.17) is 9.90 Å². The van der Waals surface area contributed by atoms with Gasteiger partial charge < -0.3 is 19.9 Å². The molecule has 1 aromatic heterocycles. The van der Waals surface area contributed by atoms with Crippen LogP contribution < -0.4 is 0 Å². The molecule has 1 fully saturated rings. The molecule has 4 rings (SSSR count). The number of carbonyl (C=O) groups excluding carboxylic acids is 2. The molecule has 0 atom stereocenters. The van der Waals surface area contributed by atoms with Crippen molar-refractivity contribution < 1.29 is 19.5 Å². The highest BCUT2D eigenvalue weighted by Crippen LogP contribution is 2.20. The molecule has 0 aliphatic carbocycles. The van der Waals surface area contributed by atoms with Crippen LogP contribution in [0.15, 0.2) is 54.7 Å². The zero-order valence-electron chi connectivity index (χ0n) is 17.8. The number of aromatic amines is 1. The molecule has 7 nitrogen and oxygen atoms in total. The Balaban J connectivity index is 0.000000628.